The highest BCUT2D eigenvalue weighted by atomic mass is 19.1. The van der Waals surface area contributed by atoms with Gasteiger partial charge in [-0.2, -0.15) is 4.99 Å². The Kier molecular flexibility index (Phi) is 3.34. The number of benzene rings is 1. The number of isocyanates is 1. The molecule has 18 heavy (non-hydrogen) atoms. The van der Waals surface area contributed by atoms with Crippen molar-refractivity contribution in [2.75, 3.05) is 7.11 Å². The normalized spacial score (nSPS) is 17.2. The number of aliphatic imine (C=N–C) groups is 1. The lowest BCUT2D eigenvalue weighted by atomic mass is 9.88. The average Bonchev–Trinajstić information content (AvgIpc) is 2.79. The molecule has 96 valence electrons. The van der Waals surface area contributed by atoms with Gasteiger partial charge in [-0.15, -0.1) is 0 Å². The quantitative estimate of drug-likeness (QED) is 0.663. The lowest BCUT2D eigenvalue weighted by molar-refractivity contribution is 0.363. The van der Waals surface area contributed by atoms with Crippen LogP contribution in [0.25, 0.3) is 0 Å². The number of hydrogen-bond acceptors (Lipinski definition) is 4. The van der Waals surface area contributed by atoms with Crippen LogP contribution < -0.4 is 4.74 Å². The maximum atomic E-state index is 14.0. The minimum absolute atomic E-state index is 0.179. The summed E-state index contributed by atoms with van der Waals surface area (Å²) < 4.78 is 18.9. The molecule has 0 heterocycles. The second kappa shape index (κ2) is 4.78. The first-order chi connectivity index (χ1) is 8.63. The van der Waals surface area contributed by atoms with Crippen molar-refractivity contribution in [3.05, 3.63) is 23.5 Å². The molecule has 5 heteroatoms. The number of aromatic hydroxyl groups is 1. The first-order valence-electron chi connectivity index (χ1n) is 5.79. The fourth-order valence-electron chi connectivity index (χ4n) is 2.55. The second-order valence-corrected chi connectivity index (χ2v) is 4.45. The van der Waals surface area contributed by atoms with Gasteiger partial charge in [0.05, 0.1) is 7.11 Å². The molecular formula is C13H14FNO3. The minimum atomic E-state index is -0.854. The molecule has 0 spiro atoms. The Balaban J connectivity index is 2.57. The SMILES string of the molecule is COc1cc(C2(N=C=O)CCCC2)c(F)cc1O. The van der Waals surface area contributed by atoms with Gasteiger partial charge in [-0.05, 0) is 18.9 Å². The minimum Gasteiger partial charge on any atom is -0.504 e. The van der Waals surface area contributed by atoms with Crippen molar-refractivity contribution in [3.63, 3.8) is 0 Å². The lowest BCUT2D eigenvalue weighted by Gasteiger charge is -2.24. The van der Waals surface area contributed by atoms with E-state index in [0.29, 0.717) is 12.8 Å². The smallest absolute Gasteiger partial charge is 0.235 e. The fraction of sp³-hybridized carbons (Fsp3) is 0.462. The molecule has 1 aromatic carbocycles. The van der Waals surface area contributed by atoms with Gasteiger partial charge in [0.1, 0.15) is 11.4 Å². The second-order valence-electron chi connectivity index (χ2n) is 4.45. The predicted molar refractivity (Wildman–Crippen MR) is 62.9 cm³/mol. The molecule has 0 amide bonds. The molecular weight excluding hydrogens is 237 g/mol. The van der Waals surface area contributed by atoms with Crippen LogP contribution in [0, 0.1) is 5.82 Å². The predicted octanol–water partition coefficient (Wildman–Crippen LogP) is 2.65. The highest BCUT2D eigenvalue weighted by molar-refractivity contribution is 5.47. The Morgan fingerprint density at radius 3 is 2.67 bits per heavy atom. The summed E-state index contributed by atoms with van der Waals surface area (Å²) in [5.74, 6) is -0.657. The molecule has 0 bridgehead atoms. The number of nitrogens with zero attached hydrogens (tertiary/aromatic N) is 1. The summed E-state index contributed by atoms with van der Waals surface area (Å²) in [6.45, 7) is 0. The van der Waals surface area contributed by atoms with Crippen molar-refractivity contribution >= 4 is 6.08 Å². The zero-order valence-corrected chi connectivity index (χ0v) is 10.1. The Morgan fingerprint density at radius 2 is 2.11 bits per heavy atom. The first kappa shape index (κ1) is 12.6. The molecule has 1 fully saturated rings. The molecule has 1 N–H and O–H groups in total. The standard InChI is InChI=1S/C13H14FNO3/c1-18-12-6-9(10(14)7-11(12)17)13(15-8-16)4-2-3-5-13/h6-7,17H,2-5H2,1H3. The van der Waals surface area contributed by atoms with Crippen LogP contribution in [0.15, 0.2) is 17.1 Å². The van der Waals surface area contributed by atoms with Crippen LogP contribution in [-0.4, -0.2) is 18.3 Å². The Labute approximate surface area is 104 Å². The van der Waals surface area contributed by atoms with Gasteiger partial charge in [-0.3, -0.25) is 0 Å². The third kappa shape index (κ3) is 1.97. The maximum Gasteiger partial charge on any atom is 0.235 e. The number of methoxy groups -OCH3 is 1. The van der Waals surface area contributed by atoms with Gasteiger partial charge in [0.25, 0.3) is 0 Å². The summed E-state index contributed by atoms with van der Waals surface area (Å²) >= 11 is 0. The molecule has 4 nitrogen and oxygen atoms in total. The number of ether oxygens (including phenoxy) is 1. The molecule has 0 atom stereocenters. The van der Waals surface area contributed by atoms with Crippen molar-refractivity contribution < 1.29 is 19.0 Å². The first-order valence-corrected chi connectivity index (χ1v) is 5.79. The zero-order chi connectivity index (χ0) is 13.2. The highest BCUT2D eigenvalue weighted by Crippen LogP contribution is 2.45. The van der Waals surface area contributed by atoms with Gasteiger partial charge in [0.2, 0.25) is 6.08 Å². The molecule has 0 aromatic heterocycles. The monoisotopic (exact) mass is 251 g/mol. The van der Waals surface area contributed by atoms with E-state index >= 15 is 0 Å². The molecule has 0 radical (unpaired) electrons. The molecule has 1 aromatic rings. The molecule has 0 aliphatic heterocycles. The van der Waals surface area contributed by atoms with E-state index in [1.165, 1.54) is 19.3 Å². The van der Waals surface area contributed by atoms with E-state index in [9.17, 15) is 14.3 Å². The zero-order valence-electron chi connectivity index (χ0n) is 10.1. The molecule has 0 unspecified atom stereocenters. The number of carbonyl (C=O) groups excluding carboxylic acids is 1. The van der Waals surface area contributed by atoms with Crippen molar-refractivity contribution in [3.8, 4) is 11.5 Å². The number of phenols is 1. The molecule has 2 rings (SSSR count). The number of halogens is 1. The van der Waals surface area contributed by atoms with Gasteiger partial charge in [-0.1, -0.05) is 12.8 Å². The van der Waals surface area contributed by atoms with Gasteiger partial charge in [-0.25, -0.2) is 9.18 Å². The third-order valence-electron chi connectivity index (χ3n) is 3.46. The molecule has 1 aliphatic rings. The van der Waals surface area contributed by atoms with Crippen LogP contribution in [0.2, 0.25) is 0 Å². The Morgan fingerprint density at radius 1 is 1.44 bits per heavy atom. The van der Waals surface area contributed by atoms with Crippen LogP contribution in [0.5, 0.6) is 11.5 Å². The summed E-state index contributed by atoms with van der Waals surface area (Å²) in [5, 5.41) is 9.50. The van der Waals surface area contributed by atoms with Gasteiger partial charge in [0, 0.05) is 11.6 Å². The topological polar surface area (TPSA) is 58.9 Å². The Bertz CT molecular complexity index is 503. The summed E-state index contributed by atoms with van der Waals surface area (Å²) in [6, 6.07) is 2.41. The highest BCUT2D eigenvalue weighted by Gasteiger charge is 2.38. The fourth-order valence-corrected chi connectivity index (χ4v) is 2.55. The van der Waals surface area contributed by atoms with Crippen LogP contribution >= 0.6 is 0 Å². The largest absolute Gasteiger partial charge is 0.504 e. The van der Waals surface area contributed by atoms with E-state index < -0.39 is 11.4 Å². The van der Waals surface area contributed by atoms with E-state index in [-0.39, 0.29) is 17.1 Å². The van der Waals surface area contributed by atoms with Crippen LogP contribution in [0.4, 0.5) is 4.39 Å². The summed E-state index contributed by atoms with van der Waals surface area (Å²) in [4.78, 5) is 14.4. The average molecular weight is 251 g/mol. The molecule has 1 saturated carbocycles. The molecule has 1 aliphatic carbocycles. The van der Waals surface area contributed by atoms with E-state index in [0.717, 1.165) is 18.9 Å². The summed E-state index contributed by atoms with van der Waals surface area (Å²) in [7, 11) is 1.39. The van der Waals surface area contributed by atoms with Crippen molar-refractivity contribution in [2.24, 2.45) is 4.99 Å². The lowest BCUT2D eigenvalue weighted by Crippen LogP contribution is -2.20. The van der Waals surface area contributed by atoms with Crippen LogP contribution in [0.3, 0.4) is 0 Å². The van der Waals surface area contributed by atoms with E-state index in [1.807, 2.05) is 0 Å². The van der Waals surface area contributed by atoms with Crippen LogP contribution in [0.1, 0.15) is 31.2 Å². The summed E-state index contributed by atoms with van der Waals surface area (Å²) in [6.07, 6.45) is 4.51. The van der Waals surface area contributed by atoms with Gasteiger partial charge in [0.15, 0.2) is 11.5 Å². The van der Waals surface area contributed by atoms with E-state index in [4.69, 9.17) is 4.74 Å². The number of hydrogen-bond donors (Lipinski definition) is 1. The van der Waals surface area contributed by atoms with Crippen molar-refractivity contribution in [1.29, 1.82) is 0 Å². The van der Waals surface area contributed by atoms with E-state index in [2.05, 4.69) is 4.99 Å². The van der Waals surface area contributed by atoms with Gasteiger partial charge >= 0.3 is 0 Å². The van der Waals surface area contributed by atoms with Crippen molar-refractivity contribution in [2.45, 2.75) is 31.2 Å². The maximum absolute atomic E-state index is 14.0. The Hall–Kier alpha value is -1.87. The third-order valence-corrected chi connectivity index (χ3v) is 3.46. The van der Waals surface area contributed by atoms with Gasteiger partial charge < -0.3 is 9.84 Å². The van der Waals surface area contributed by atoms with Crippen LogP contribution in [-0.2, 0) is 10.3 Å². The van der Waals surface area contributed by atoms with E-state index in [1.54, 1.807) is 0 Å². The molecule has 0 saturated heterocycles. The number of rotatable bonds is 3. The number of phenolic OH excluding ortho intramolecular Hbond substituents is 1. The van der Waals surface area contributed by atoms with Crippen molar-refractivity contribution in [1.82, 2.24) is 0 Å². The summed E-state index contributed by atoms with van der Waals surface area (Å²) in [5.41, 5.74) is -0.565.